The van der Waals surface area contributed by atoms with Crippen molar-refractivity contribution >= 4 is 23.8 Å². The zero-order valence-electron chi connectivity index (χ0n) is 23.5. The van der Waals surface area contributed by atoms with Crippen molar-refractivity contribution in [3.8, 4) is 11.1 Å². The van der Waals surface area contributed by atoms with E-state index in [1.165, 1.54) is 6.92 Å². The predicted octanol–water partition coefficient (Wildman–Crippen LogP) is 6.21. The van der Waals surface area contributed by atoms with E-state index in [-0.39, 0.29) is 24.1 Å². The molecule has 0 bridgehead atoms. The van der Waals surface area contributed by atoms with Crippen molar-refractivity contribution in [2.45, 2.75) is 51.6 Å². The summed E-state index contributed by atoms with van der Waals surface area (Å²) in [5.41, 5.74) is 3.60. The summed E-state index contributed by atoms with van der Waals surface area (Å²) in [5.74, 6) is -2.84. The summed E-state index contributed by atoms with van der Waals surface area (Å²) in [5, 5.41) is 10.0. The van der Waals surface area contributed by atoms with Gasteiger partial charge in [-0.05, 0) is 49.9 Å². The van der Waals surface area contributed by atoms with Crippen molar-refractivity contribution in [3.05, 3.63) is 107 Å². The average molecular weight is 556 g/mol. The van der Waals surface area contributed by atoms with Crippen molar-refractivity contribution in [1.82, 2.24) is 4.90 Å². The molecule has 41 heavy (non-hydrogen) atoms. The van der Waals surface area contributed by atoms with Gasteiger partial charge in [0, 0.05) is 23.1 Å². The van der Waals surface area contributed by atoms with Gasteiger partial charge in [-0.25, -0.2) is 9.59 Å². The summed E-state index contributed by atoms with van der Waals surface area (Å²) in [6.07, 6.45) is -0.330. The van der Waals surface area contributed by atoms with Crippen molar-refractivity contribution in [3.63, 3.8) is 0 Å². The van der Waals surface area contributed by atoms with Gasteiger partial charge >= 0.3 is 18.0 Å². The first-order valence-corrected chi connectivity index (χ1v) is 13.3. The molecule has 0 aromatic heterocycles. The summed E-state index contributed by atoms with van der Waals surface area (Å²) < 4.78 is 11.0. The molecule has 1 atom stereocenters. The van der Waals surface area contributed by atoms with Crippen LogP contribution in [0.2, 0.25) is 0 Å². The highest BCUT2D eigenvalue weighted by molar-refractivity contribution is 6.04. The number of carbonyl (C=O) groups excluding carboxylic acids is 3. The van der Waals surface area contributed by atoms with Crippen LogP contribution in [0.15, 0.2) is 90.7 Å². The van der Waals surface area contributed by atoms with Gasteiger partial charge in [0.2, 0.25) is 0 Å². The van der Waals surface area contributed by atoms with Crippen molar-refractivity contribution in [2.75, 3.05) is 6.61 Å². The number of rotatable bonds is 9. The van der Waals surface area contributed by atoms with E-state index in [0.29, 0.717) is 5.56 Å². The highest BCUT2D eigenvalue weighted by Gasteiger charge is 2.41. The Kier molecular flexibility index (Phi) is 8.71. The second-order valence-corrected chi connectivity index (χ2v) is 10.9. The Morgan fingerprint density at radius 3 is 1.95 bits per heavy atom. The van der Waals surface area contributed by atoms with Crippen molar-refractivity contribution in [2.24, 2.45) is 0 Å². The molecule has 3 aromatic carbocycles. The van der Waals surface area contributed by atoms with E-state index in [1.54, 1.807) is 51.1 Å². The Labute approximate surface area is 239 Å². The lowest BCUT2D eigenvalue weighted by Crippen LogP contribution is -2.55. The number of ether oxygens (including phenoxy) is 2. The largest absolute Gasteiger partial charge is 0.480 e. The molecule has 0 spiro atoms. The minimum absolute atomic E-state index is 0.000328. The number of nitrogens with zero attached hydrogens (tertiary/aromatic N) is 1. The number of allylic oxidation sites excluding steroid dienone is 2. The lowest BCUT2D eigenvalue weighted by atomic mass is 9.98. The molecule has 0 saturated carbocycles. The van der Waals surface area contributed by atoms with Gasteiger partial charge in [0.05, 0.1) is 6.42 Å². The molecule has 0 unspecified atom stereocenters. The molecular weight excluding hydrogens is 522 g/mol. The van der Waals surface area contributed by atoms with E-state index in [9.17, 15) is 24.3 Å². The number of aliphatic carboxylic acids is 1. The van der Waals surface area contributed by atoms with Crippen LogP contribution in [0, 0.1) is 0 Å². The van der Waals surface area contributed by atoms with Crippen molar-refractivity contribution < 1.29 is 33.8 Å². The molecule has 0 fully saturated rings. The van der Waals surface area contributed by atoms with E-state index in [1.807, 2.05) is 48.5 Å². The van der Waals surface area contributed by atoms with Crippen LogP contribution in [0.3, 0.4) is 0 Å². The molecule has 1 amide bonds. The number of hydrogen-bond acceptors (Lipinski definition) is 6. The van der Waals surface area contributed by atoms with Gasteiger partial charge in [0.1, 0.15) is 18.4 Å². The molecule has 3 aromatic rings. The highest BCUT2D eigenvalue weighted by atomic mass is 16.6. The number of fused-ring (bicyclic) bond motifs is 3. The Bertz CT molecular complexity index is 1440. The lowest BCUT2D eigenvalue weighted by molar-refractivity contribution is -0.151. The van der Waals surface area contributed by atoms with Crippen LogP contribution < -0.4 is 0 Å². The van der Waals surface area contributed by atoms with E-state index >= 15 is 0 Å². The zero-order chi connectivity index (χ0) is 29.7. The van der Waals surface area contributed by atoms with Crippen LogP contribution in [0.5, 0.6) is 0 Å². The van der Waals surface area contributed by atoms with Gasteiger partial charge in [0.25, 0.3) is 0 Å². The third kappa shape index (κ3) is 6.72. The van der Waals surface area contributed by atoms with Crippen LogP contribution >= 0.6 is 0 Å². The van der Waals surface area contributed by atoms with E-state index in [4.69, 9.17) is 9.47 Å². The number of ketones is 1. The quantitative estimate of drug-likeness (QED) is 0.145. The standard InChI is InChI=1S/C33H33NO7/c1-21(18-29(35)22-12-6-5-7-13-22)41-30(36)19-28(31(37)38)34(33(2,3)4)32(39)40-20-27-25-16-10-8-14-23(25)24-15-9-11-17-26(24)27/h5-18,27-28H,19-20H2,1-4H3,(H,37,38)/b21-18+/t28-/m0/s1. The molecule has 212 valence electrons. The maximum atomic E-state index is 13.5. The first-order chi connectivity index (χ1) is 19.5. The second kappa shape index (κ2) is 12.2. The summed E-state index contributed by atoms with van der Waals surface area (Å²) in [7, 11) is 0. The fraction of sp³-hybridized carbons (Fsp3) is 0.273. The van der Waals surface area contributed by atoms with Gasteiger partial charge < -0.3 is 14.6 Å². The Balaban J connectivity index is 1.48. The monoisotopic (exact) mass is 555 g/mol. The van der Waals surface area contributed by atoms with E-state index in [2.05, 4.69) is 0 Å². The third-order valence-electron chi connectivity index (χ3n) is 6.88. The molecule has 0 heterocycles. The Morgan fingerprint density at radius 2 is 1.41 bits per heavy atom. The number of amides is 1. The molecule has 0 saturated heterocycles. The number of esters is 1. The number of carboxylic acids is 1. The van der Waals surface area contributed by atoms with E-state index in [0.717, 1.165) is 33.2 Å². The third-order valence-corrected chi connectivity index (χ3v) is 6.88. The molecule has 1 aliphatic carbocycles. The van der Waals surface area contributed by atoms with E-state index < -0.39 is 36.0 Å². The molecule has 1 aliphatic rings. The molecule has 8 heteroatoms. The maximum absolute atomic E-state index is 13.5. The molecular formula is C33H33NO7. The fourth-order valence-electron chi connectivity index (χ4n) is 5.10. The normalized spacial score (nSPS) is 13.5. The molecule has 1 N–H and O–H groups in total. The van der Waals surface area contributed by atoms with Gasteiger partial charge in [-0.2, -0.15) is 0 Å². The lowest BCUT2D eigenvalue weighted by Gasteiger charge is -2.38. The van der Waals surface area contributed by atoms with Gasteiger partial charge in [-0.1, -0.05) is 78.9 Å². The van der Waals surface area contributed by atoms with Crippen LogP contribution in [0.25, 0.3) is 11.1 Å². The number of carboxylic acid groups (broad SMARTS) is 1. The first kappa shape index (κ1) is 29.3. The van der Waals surface area contributed by atoms with Gasteiger partial charge in [-0.3, -0.25) is 14.5 Å². The maximum Gasteiger partial charge on any atom is 0.410 e. The molecule has 8 nitrogen and oxygen atoms in total. The summed E-state index contributed by atoms with van der Waals surface area (Å²) in [6, 6.07) is 22.7. The van der Waals surface area contributed by atoms with Crippen molar-refractivity contribution in [1.29, 1.82) is 0 Å². The molecule has 4 rings (SSSR count). The summed E-state index contributed by atoms with van der Waals surface area (Å²) in [6.45, 7) is 6.43. The zero-order valence-corrected chi connectivity index (χ0v) is 23.5. The van der Waals surface area contributed by atoms with Gasteiger partial charge in [-0.15, -0.1) is 0 Å². The minimum Gasteiger partial charge on any atom is -0.480 e. The molecule has 0 aliphatic heterocycles. The summed E-state index contributed by atoms with van der Waals surface area (Å²) >= 11 is 0. The Hall–Kier alpha value is -4.72. The smallest absolute Gasteiger partial charge is 0.410 e. The Morgan fingerprint density at radius 1 is 0.878 bits per heavy atom. The van der Waals surface area contributed by atoms with Crippen LogP contribution in [0.1, 0.15) is 61.5 Å². The van der Waals surface area contributed by atoms with Gasteiger partial charge in [0.15, 0.2) is 5.78 Å². The minimum atomic E-state index is -1.56. The highest BCUT2D eigenvalue weighted by Crippen LogP contribution is 2.44. The second-order valence-electron chi connectivity index (χ2n) is 10.9. The van der Waals surface area contributed by atoms with Crippen LogP contribution in [0.4, 0.5) is 4.79 Å². The summed E-state index contributed by atoms with van der Waals surface area (Å²) in [4.78, 5) is 52.0. The number of hydrogen-bond donors (Lipinski definition) is 1. The topological polar surface area (TPSA) is 110 Å². The van der Waals surface area contributed by atoms with Crippen LogP contribution in [-0.4, -0.2) is 52.0 Å². The first-order valence-electron chi connectivity index (χ1n) is 13.3. The molecule has 0 radical (unpaired) electrons. The average Bonchev–Trinajstić information content (AvgIpc) is 3.24. The van der Waals surface area contributed by atoms with Crippen LogP contribution in [-0.2, 0) is 19.1 Å². The number of benzene rings is 3. The predicted molar refractivity (Wildman–Crippen MR) is 153 cm³/mol. The number of carbonyl (C=O) groups is 4. The fourth-order valence-corrected chi connectivity index (χ4v) is 5.10. The SMILES string of the molecule is C/C(=C\C(=O)c1ccccc1)OC(=O)C[C@@H](C(=O)O)N(C(=O)OCC1c2ccccc2-c2ccccc21)C(C)(C)C.